The van der Waals surface area contributed by atoms with Gasteiger partial charge >= 0.3 is 5.69 Å². The average molecular weight is 583 g/mol. The summed E-state index contributed by atoms with van der Waals surface area (Å²) in [5, 5.41) is 22.3. The molecule has 43 heavy (non-hydrogen) atoms. The molecule has 4 aromatic rings. The molecule has 0 saturated carbocycles. The fourth-order valence-electron chi connectivity index (χ4n) is 5.24. The highest BCUT2D eigenvalue weighted by atomic mass is 16.5. The minimum absolute atomic E-state index is 0.0183. The number of nitriles is 1. The lowest BCUT2D eigenvalue weighted by atomic mass is 9.95. The topological polar surface area (TPSA) is 164 Å². The molecule has 1 aliphatic rings. The zero-order valence-electron chi connectivity index (χ0n) is 24.1. The lowest BCUT2D eigenvalue weighted by Crippen LogP contribution is -2.48. The van der Waals surface area contributed by atoms with Crippen LogP contribution in [0.3, 0.4) is 0 Å². The van der Waals surface area contributed by atoms with Crippen molar-refractivity contribution in [3.63, 3.8) is 0 Å². The number of amides is 1. The van der Waals surface area contributed by atoms with Crippen LogP contribution in [-0.2, 0) is 11.3 Å². The van der Waals surface area contributed by atoms with E-state index in [-0.39, 0.29) is 30.6 Å². The van der Waals surface area contributed by atoms with Gasteiger partial charge in [0.2, 0.25) is 0 Å². The zero-order chi connectivity index (χ0) is 30.6. The number of nitrogens with one attached hydrogen (secondary N) is 1. The van der Waals surface area contributed by atoms with Crippen LogP contribution in [0.15, 0.2) is 77.4 Å². The molecule has 222 valence electrons. The fourth-order valence-corrected chi connectivity index (χ4v) is 5.24. The molecule has 3 heterocycles. The highest BCUT2D eigenvalue weighted by molar-refractivity contribution is 5.97. The van der Waals surface area contributed by atoms with Crippen LogP contribution in [0.25, 0.3) is 16.9 Å². The van der Waals surface area contributed by atoms with Gasteiger partial charge in [-0.1, -0.05) is 18.2 Å². The van der Waals surface area contributed by atoms with Crippen molar-refractivity contribution >= 4 is 22.9 Å². The molecule has 0 spiro atoms. The molecule has 4 N–H and O–H groups in total. The summed E-state index contributed by atoms with van der Waals surface area (Å²) < 4.78 is 8.71. The van der Waals surface area contributed by atoms with E-state index in [1.54, 1.807) is 30.3 Å². The molecule has 0 bridgehead atoms. The summed E-state index contributed by atoms with van der Waals surface area (Å²) in [6.45, 7) is 5.38. The SMILES string of the molecule is CC(C)(/C=C(\C#N)C(=O)NCCn1c(=O)n(-c2ccc(Oc3ccccc3)cc2)c2c(N)ncnc21)N1CCC(O)CC1. The predicted octanol–water partition coefficient (Wildman–Crippen LogP) is 2.76. The quantitative estimate of drug-likeness (QED) is 0.199. The molecule has 1 aliphatic heterocycles. The van der Waals surface area contributed by atoms with Crippen LogP contribution >= 0.6 is 0 Å². The number of anilines is 1. The summed E-state index contributed by atoms with van der Waals surface area (Å²) in [6, 6.07) is 18.3. The third kappa shape index (κ3) is 6.43. The van der Waals surface area contributed by atoms with Gasteiger partial charge in [0.15, 0.2) is 11.5 Å². The first kappa shape index (κ1) is 29.5. The number of hydrogen-bond acceptors (Lipinski definition) is 9. The number of para-hydroxylation sites is 1. The van der Waals surface area contributed by atoms with E-state index in [1.165, 1.54) is 15.5 Å². The lowest BCUT2D eigenvalue weighted by molar-refractivity contribution is -0.117. The zero-order valence-corrected chi connectivity index (χ0v) is 24.1. The van der Waals surface area contributed by atoms with Crippen molar-refractivity contribution in [2.24, 2.45) is 0 Å². The number of rotatable bonds is 9. The van der Waals surface area contributed by atoms with E-state index in [0.29, 0.717) is 54.3 Å². The maximum Gasteiger partial charge on any atom is 0.335 e. The second-order valence-corrected chi connectivity index (χ2v) is 10.9. The number of benzene rings is 2. The van der Waals surface area contributed by atoms with E-state index in [0.717, 1.165) is 0 Å². The number of aromatic nitrogens is 4. The van der Waals surface area contributed by atoms with Crippen molar-refractivity contribution in [2.45, 2.75) is 44.9 Å². The number of carbonyl (C=O) groups is 1. The summed E-state index contributed by atoms with van der Waals surface area (Å²) >= 11 is 0. The van der Waals surface area contributed by atoms with Crippen molar-refractivity contribution in [3.8, 4) is 23.3 Å². The standard InChI is InChI=1S/C31H34N8O4/c1-31(2,37-15-12-23(40)13-16-37)18-21(19-32)29(41)34-14-17-38-28-26(27(33)35-20-36-28)39(30(38)42)22-8-10-25(11-9-22)43-24-6-4-3-5-7-24/h3-11,18,20,23,40H,12-17H2,1-2H3,(H,34,41)(H2,33,35,36)/b21-18+. The van der Waals surface area contributed by atoms with Crippen LogP contribution in [0.1, 0.15) is 26.7 Å². The van der Waals surface area contributed by atoms with Crippen LogP contribution in [0.4, 0.5) is 5.82 Å². The Morgan fingerprint density at radius 3 is 2.49 bits per heavy atom. The molecule has 12 heteroatoms. The average Bonchev–Trinajstić information content (AvgIpc) is 3.29. The summed E-state index contributed by atoms with van der Waals surface area (Å²) in [5.41, 5.74) is 6.43. The van der Waals surface area contributed by atoms with Crippen LogP contribution in [0, 0.1) is 11.3 Å². The van der Waals surface area contributed by atoms with Crippen LogP contribution < -0.4 is 21.5 Å². The second kappa shape index (κ2) is 12.5. The maximum atomic E-state index is 13.6. The number of nitrogens with zero attached hydrogens (tertiary/aromatic N) is 6. The van der Waals surface area contributed by atoms with Crippen molar-refractivity contribution in [3.05, 3.63) is 83.1 Å². The van der Waals surface area contributed by atoms with Gasteiger partial charge in [0.1, 0.15) is 35.0 Å². The van der Waals surface area contributed by atoms with Crippen LogP contribution in [0.5, 0.6) is 11.5 Å². The number of likely N-dealkylation sites (tertiary alicyclic amines) is 1. The number of ether oxygens (including phenoxy) is 1. The first-order valence-corrected chi connectivity index (χ1v) is 14.1. The largest absolute Gasteiger partial charge is 0.457 e. The number of hydrogen-bond donors (Lipinski definition) is 3. The van der Waals surface area contributed by atoms with E-state index in [2.05, 4.69) is 20.2 Å². The van der Waals surface area contributed by atoms with Gasteiger partial charge in [0.25, 0.3) is 5.91 Å². The van der Waals surface area contributed by atoms with E-state index in [4.69, 9.17) is 10.5 Å². The van der Waals surface area contributed by atoms with Crippen molar-refractivity contribution in [1.29, 1.82) is 5.26 Å². The number of nitrogen functional groups attached to an aromatic ring is 1. The summed E-state index contributed by atoms with van der Waals surface area (Å²) in [7, 11) is 0. The normalized spacial score (nSPS) is 14.9. The smallest absolute Gasteiger partial charge is 0.335 e. The molecule has 5 rings (SSSR count). The first-order valence-electron chi connectivity index (χ1n) is 14.1. The number of aliphatic hydroxyl groups is 1. The maximum absolute atomic E-state index is 13.6. The van der Waals surface area contributed by atoms with E-state index >= 15 is 0 Å². The monoisotopic (exact) mass is 582 g/mol. The Kier molecular flexibility index (Phi) is 8.56. The molecular formula is C31H34N8O4. The van der Waals surface area contributed by atoms with Gasteiger partial charge in [0, 0.05) is 31.7 Å². The summed E-state index contributed by atoms with van der Waals surface area (Å²) in [4.78, 5) is 37.1. The molecule has 12 nitrogen and oxygen atoms in total. The van der Waals surface area contributed by atoms with Crippen LogP contribution in [-0.4, -0.2) is 66.3 Å². The number of aliphatic hydroxyl groups excluding tert-OH is 1. The highest BCUT2D eigenvalue weighted by Crippen LogP contribution is 2.25. The summed E-state index contributed by atoms with van der Waals surface area (Å²) in [6.07, 6.45) is 3.90. The van der Waals surface area contributed by atoms with Gasteiger partial charge in [-0.2, -0.15) is 5.26 Å². The van der Waals surface area contributed by atoms with Gasteiger partial charge in [-0.3, -0.25) is 18.8 Å². The molecule has 2 aromatic heterocycles. The minimum atomic E-state index is -0.553. The van der Waals surface area contributed by atoms with Crippen LogP contribution in [0.2, 0.25) is 0 Å². The van der Waals surface area contributed by atoms with Gasteiger partial charge in [-0.25, -0.2) is 14.8 Å². The molecular weight excluding hydrogens is 548 g/mol. The lowest BCUT2D eigenvalue weighted by Gasteiger charge is -2.40. The first-order chi connectivity index (χ1) is 20.7. The van der Waals surface area contributed by atoms with Crippen molar-refractivity contribution < 1.29 is 14.6 Å². The van der Waals surface area contributed by atoms with E-state index in [1.807, 2.05) is 50.2 Å². The Labute approximate surface area is 248 Å². The third-order valence-electron chi connectivity index (χ3n) is 7.57. The molecule has 1 amide bonds. The van der Waals surface area contributed by atoms with Gasteiger partial charge < -0.3 is 20.9 Å². The van der Waals surface area contributed by atoms with Crippen molar-refractivity contribution in [2.75, 3.05) is 25.4 Å². The molecule has 0 atom stereocenters. The number of piperidine rings is 1. The van der Waals surface area contributed by atoms with Crippen molar-refractivity contribution in [1.82, 2.24) is 29.3 Å². The number of imidazole rings is 1. The van der Waals surface area contributed by atoms with Gasteiger partial charge in [-0.05, 0) is 69.2 Å². The predicted molar refractivity (Wildman–Crippen MR) is 162 cm³/mol. The highest BCUT2D eigenvalue weighted by Gasteiger charge is 2.30. The summed E-state index contributed by atoms with van der Waals surface area (Å²) in [5.74, 6) is 0.887. The Bertz CT molecular complexity index is 1730. The van der Waals surface area contributed by atoms with E-state index < -0.39 is 17.1 Å². The fraction of sp³-hybridized carbons (Fsp3) is 0.323. The number of nitrogens with two attached hydrogens (primary N) is 1. The molecule has 1 fully saturated rings. The number of carbonyl (C=O) groups excluding carboxylic acids is 1. The Hall–Kier alpha value is -4.99. The van der Waals surface area contributed by atoms with Gasteiger partial charge in [0.05, 0.1) is 11.8 Å². The third-order valence-corrected chi connectivity index (χ3v) is 7.57. The molecule has 0 aliphatic carbocycles. The molecule has 1 saturated heterocycles. The molecule has 0 radical (unpaired) electrons. The Morgan fingerprint density at radius 2 is 1.81 bits per heavy atom. The van der Waals surface area contributed by atoms with E-state index in [9.17, 15) is 20.0 Å². The Morgan fingerprint density at radius 1 is 1.14 bits per heavy atom. The Balaban J connectivity index is 1.33. The minimum Gasteiger partial charge on any atom is -0.457 e. The molecule has 0 unspecified atom stereocenters. The number of fused-ring (bicyclic) bond motifs is 1. The second-order valence-electron chi connectivity index (χ2n) is 10.9. The molecule has 2 aromatic carbocycles. The van der Waals surface area contributed by atoms with Gasteiger partial charge in [-0.15, -0.1) is 0 Å².